The van der Waals surface area contributed by atoms with Gasteiger partial charge in [-0.1, -0.05) is 0 Å². The number of rotatable bonds is 2. The van der Waals surface area contributed by atoms with Crippen molar-refractivity contribution < 1.29 is 12.8 Å². The number of aromatic amines is 1. The number of sulfonamides is 1. The highest BCUT2D eigenvalue weighted by Crippen LogP contribution is 2.50. The van der Waals surface area contributed by atoms with Crippen molar-refractivity contribution in [2.75, 3.05) is 30.8 Å². The van der Waals surface area contributed by atoms with Crippen LogP contribution in [0.5, 0.6) is 0 Å². The van der Waals surface area contributed by atoms with Gasteiger partial charge in [-0.3, -0.25) is 0 Å². The average molecular weight is 401 g/mol. The van der Waals surface area contributed by atoms with Gasteiger partial charge in [0.1, 0.15) is 23.6 Å². The lowest BCUT2D eigenvalue weighted by atomic mass is 9.75. The summed E-state index contributed by atoms with van der Waals surface area (Å²) in [5.41, 5.74) is 2.31. The second-order valence-electron chi connectivity index (χ2n) is 7.63. The standard InChI is InChI=1S/C19H20FN5O2S/c1-28(26,27)24-8-5-19(6-9-24)11-25(16-3-2-13(20)10-15(16)19)18-14-4-7-21-17(14)22-12-23-18/h2-4,7,10,12H,5-6,8-9,11H2,1H3,(H,21,22,23). The number of hydrogen-bond donors (Lipinski definition) is 1. The van der Waals surface area contributed by atoms with Crippen LogP contribution in [-0.2, 0) is 15.4 Å². The smallest absolute Gasteiger partial charge is 0.211 e. The molecule has 5 rings (SSSR count). The zero-order chi connectivity index (χ0) is 19.5. The lowest BCUT2D eigenvalue weighted by Gasteiger charge is -2.38. The molecule has 0 aliphatic carbocycles. The van der Waals surface area contributed by atoms with Crippen LogP contribution in [0.15, 0.2) is 36.8 Å². The molecule has 1 aromatic carbocycles. The Morgan fingerprint density at radius 3 is 2.71 bits per heavy atom. The fourth-order valence-electron chi connectivity index (χ4n) is 4.58. The number of halogens is 1. The first-order valence-electron chi connectivity index (χ1n) is 9.18. The highest BCUT2D eigenvalue weighted by atomic mass is 32.2. The van der Waals surface area contributed by atoms with E-state index < -0.39 is 10.0 Å². The van der Waals surface area contributed by atoms with Crippen molar-refractivity contribution in [1.82, 2.24) is 19.3 Å². The summed E-state index contributed by atoms with van der Waals surface area (Å²) in [6.07, 6.45) is 5.88. The maximum Gasteiger partial charge on any atom is 0.211 e. The molecule has 146 valence electrons. The lowest BCUT2D eigenvalue weighted by molar-refractivity contribution is 0.246. The summed E-state index contributed by atoms with van der Waals surface area (Å²) in [6.45, 7) is 1.51. The maximum absolute atomic E-state index is 14.1. The number of piperidine rings is 1. The molecule has 2 aromatic heterocycles. The predicted molar refractivity (Wildman–Crippen MR) is 105 cm³/mol. The molecule has 1 spiro atoms. The van der Waals surface area contributed by atoms with E-state index in [2.05, 4.69) is 19.9 Å². The van der Waals surface area contributed by atoms with Crippen molar-refractivity contribution in [1.29, 1.82) is 0 Å². The van der Waals surface area contributed by atoms with Crippen molar-refractivity contribution in [2.24, 2.45) is 0 Å². The molecule has 0 unspecified atom stereocenters. The zero-order valence-electron chi connectivity index (χ0n) is 15.4. The first kappa shape index (κ1) is 17.6. The summed E-state index contributed by atoms with van der Waals surface area (Å²) >= 11 is 0. The number of fused-ring (bicyclic) bond motifs is 3. The van der Waals surface area contributed by atoms with Gasteiger partial charge in [-0.05, 0) is 42.7 Å². The molecule has 0 amide bonds. The summed E-state index contributed by atoms with van der Waals surface area (Å²) in [7, 11) is -3.22. The number of nitrogens with one attached hydrogen (secondary N) is 1. The number of hydrogen-bond acceptors (Lipinski definition) is 5. The maximum atomic E-state index is 14.1. The summed E-state index contributed by atoms with van der Waals surface area (Å²) in [4.78, 5) is 14.0. The number of benzene rings is 1. The van der Waals surface area contributed by atoms with E-state index in [1.54, 1.807) is 12.1 Å². The highest BCUT2D eigenvalue weighted by Gasteiger charge is 2.46. The monoisotopic (exact) mass is 401 g/mol. The molecule has 3 aromatic rings. The van der Waals surface area contributed by atoms with Gasteiger partial charge < -0.3 is 9.88 Å². The van der Waals surface area contributed by atoms with Crippen LogP contribution >= 0.6 is 0 Å². The Kier molecular flexibility index (Phi) is 3.76. The Morgan fingerprint density at radius 2 is 1.96 bits per heavy atom. The molecule has 1 saturated heterocycles. The van der Waals surface area contributed by atoms with Gasteiger partial charge in [-0.15, -0.1) is 0 Å². The predicted octanol–water partition coefficient (Wildman–Crippen LogP) is 2.54. The Balaban J connectivity index is 1.59. The minimum atomic E-state index is -3.22. The molecule has 0 atom stereocenters. The van der Waals surface area contributed by atoms with Gasteiger partial charge >= 0.3 is 0 Å². The van der Waals surface area contributed by atoms with Gasteiger partial charge in [0.15, 0.2) is 0 Å². The van der Waals surface area contributed by atoms with E-state index in [4.69, 9.17) is 0 Å². The van der Waals surface area contributed by atoms with E-state index in [0.29, 0.717) is 32.5 Å². The third-order valence-electron chi connectivity index (χ3n) is 6.02. The molecule has 2 aliphatic rings. The van der Waals surface area contributed by atoms with Crippen molar-refractivity contribution in [2.45, 2.75) is 18.3 Å². The van der Waals surface area contributed by atoms with E-state index in [1.807, 2.05) is 12.3 Å². The van der Waals surface area contributed by atoms with Crippen molar-refractivity contribution >= 4 is 32.6 Å². The van der Waals surface area contributed by atoms with Crippen LogP contribution in [0.2, 0.25) is 0 Å². The summed E-state index contributed by atoms with van der Waals surface area (Å²) in [6, 6.07) is 6.79. The Morgan fingerprint density at radius 1 is 1.18 bits per heavy atom. The van der Waals surface area contributed by atoms with Crippen LogP contribution in [0.1, 0.15) is 18.4 Å². The fourth-order valence-corrected chi connectivity index (χ4v) is 5.42. The van der Waals surface area contributed by atoms with Gasteiger partial charge in [-0.25, -0.2) is 27.1 Å². The normalized spacial score (nSPS) is 19.4. The van der Waals surface area contributed by atoms with Crippen LogP contribution in [-0.4, -0.2) is 53.6 Å². The van der Waals surface area contributed by atoms with E-state index in [9.17, 15) is 12.8 Å². The molecule has 0 bridgehead atoms. The quantitative estimate of drug-likeness (QED) is 0.714. The fraction of sp³-hybridized carbons (Fsp3) is 0.368. The zero-order valence-corrected chi connectivity index (χ0v) is 16.2. The molecule has 0 radical (unpaired) electrons. The number of H-pyrrole nitrogens is 1. The first-order chi connectivity index (χ1) is 13.4. The van der Waals surface area contributed by atoms with Crippen LogP contribution < -0.4 is 4.90 Å². The first-order valence-corrected chi connectivity index (χ1v) is 11.0. The van der Waals surface area contributed by atoms with E-state index in [-0.39, 0.29) is 11.2 Å². The average Bonchev–Trinajstić information content (AvgIpc) is 3.25. The van der Waals surface area contributed by atoms with Crippen LogP contribution in [0.4, 0.5) is 15.9 Å². The molecule has 2 aliphatic heterocycles. The second kappa shape index (κ2) is 5.99. The summed E-state index contributed by atoms with van der Waals surface area (Å²) in [5.74, 6) is 0.501. The van der Waals surface area contributed by atoms with Crippen molar-refractivity contribution in [3.05, 3.63) is 48.2 Å². The van der Waals surface area contributed by atoms with E-state index in [1.165, 1.54) is 23.0 Å². The Labute approximate surface area is 162 Å². The largest absolute Gasteiger partial charge is 0.346 e. The number of anilines is 2. The topological polar surface area (TPSA) is 82.2 Å². The minimum Gasteiger partial charge on any atom is -0.346 e. The van der Waals surface area contributed by atoms with Crippen molar-refractivity contribution in [3.63, 3.8) is 0 Å². The molecule has 0 saturated carbocycles. The molecule has 28 heavy (non-hydrogen) atoms. The van der Waals surface area contributed by atoms with Gasteiger partial charge in [-0.2, -0.15) is 0 Å². The third kappa shape index (κ3) is 2.61. The molecular formula is C19H20FN5O2S. The number of aromatic nitrogens is 3. The van der Waals surface area contributed by atoms with Gasteiger partial charge in [0.25, 0.3) is 0 Å². The van der Waals surface area contributed by atoms with E-state index >= 15 is 0 Å². The van der Waals surface area contributed by atoms with Crippen LogP contribution in [0.3, 0.4) is 0 Å². The number of nitrogens with zero attached hydrogens (tertiary/aromatic N) is 4. The molecule has 9 heteroatoms. The molecule has 4 heterocycles. The minimum absolute atomic E-state index is 0.278. The Bertz CT molecular complexity index is 1170. The molecule has 1 fully saturated rings. The van der Waals surface area contributed by atoms with E-state index in [0.717, 1.165) is 28.1 Å². The third-order valence-corrected chi connectivity index (χ3v) is 7.32. The lowest BCUT2D eigenvalue weighted by Crippen LogP contribution is -2.46. The van der Waals surface area contributed by atoms with Gasteiger partial charge in [0, 0.05) is 36.9 Å². The van der Waals surface area contributed by atoms with Crippen LogP contribution in [0.25, 0.3) is 11.0 Å². The summed E-state index contributed by atoms with van der Waals surface area (Å²) < 4.78 is 39.5. The SMILES string of the molecule is CS(=O)(=O)N1CCC2(CC1)CN(c1ncnc3[nH]ccc13)c1ccc(F)cc12. The van der Waals surface area contributed by atoms with Crippen LogP contribution in [0, 0.1) is 5.82 Å². The van der Waals surface area contributed by atoms with Crippen molar-refractivity contribution in [3.8, 4) is 0 Å². The highest BCUT2D eigenvalue weighted by molar-refractivity contribution is 7.88. The van der Waals surface area contributed by atoms with Gasteiger partial charge in [0.05, 0.1) is 11.6 Å². The molecule has 1 N–H and O–H groups in total. The second-order valence-corrected chi connectivity index (χ2v) is 9.61. The molecule has 7 nitrogen and oxygen atoms in total. The summed E-state index contributed by atoms with van der Waals surface area (Å²) in [5, 5.41) is 0.906. The van der Waals surface area contributed by atoms with Gasteiger partial charge in [0.2, 0.25) is 10.0 Å². The Hall–Kier alpha value is -2.52. The molecular weight excluding hydrogens is 381 g/mol.